The van der Waals surface area contributed by atoms with Gasteiger partial charge in [0.15, 0.2) is 0 Å². The molecule has 3 heteroatoms. The fraction of sp³-hybridized carbons (Fsp3) is 0.538. The number of aryl methyl sites for hydroxylation is 1. The molecule has 90 valence electrons. The first-order valence-electron chi connectivity index (χ1n) is 5.73. The Morgan fingerprint density at radius 3 is 2.81 bits per heavy atom. The average molecular weight is 225 g/mol. The molecule has 1 atom stereocenters. The molecule has 0 heterocycles. The van der Waals surface area contributed by atoms with Crippen LogP contribution in [0.15, 0.2) is 18.2 Å². The predicted molar refractivity (Wildman–Crippen MR) is 63.8 cm³/mol. The van der Waals surface area contributed by atoms with Crippen molar-refractivity contribution in [1.82, 2.24) is 5.32 Å². The van der Waals surface area contributed by atoms with Crippen molar-refractivity contribution < 1.29 is 9.50 Å². The summed E-state index contributed by atoms with van der Waals surface area (Å²) in [4.78, 5) is 0. The summed E-state index contributed by atoms with van der Waals surface area (Å²) < 4.78 is 13.2. The van der Waals surface area contributed by atoms with E-state index >= 15 is 0 Å². The lowest BCUT2D eigenvalue weighted by molar-refractivity contribution is 0.181. The van der Waals surface area contributed by atoms with E-state index in [1.807, 2.05) is 6.07 Å². The van der Waals surface area contributed by atoms with E-state index in [0.717, 1.165) is 24.9 Å². The number of benzene rings is 1. The van der Waals surface area contributed by atoms with E-state index in [9.17, 15) is 4.39 Å². The Morgan fingerprint density at radius 1 is 1.44 bits per heavy atom. The highest BCUT2D eigenvalue weighted by atomic mass is 19.1. The van der Waals surface area contributed by atoms with Crippen LogP contribution in [0.5, 0.6) is 0 Å². The molecule has 16 heavy (non-hydrogen) atoms. The zero-order valence-electron chi connectivity index (χ0n) is 9.96. The molecule has 2 N–H and O–H groups in total. The van der Waals surface area contributed by atoms with Crippen molar-refractivity contribution in [2.75, 3.05) is 6.54 Å². The third-order valence-corrected chi connectivity index (χ3v) is 2.54. The Bertz CT molecular complexity index is 326. The second kappa shape index (κ2) is 6.61. The van der Waals surface area contributed by atoms with Gasteiger partial charge in [0.05, 0.1) is 6.10 Å². The van der Waals surface area contributed by atoms with Gasteiger partial charge in [0.2, 0.25) is 0 Å². The van der Waals surface area contributed by atoms with Crippen molar-refractivity contribution in [1.29, 1.82) is 0 Å². The smallest absolute Gasteiger partial charge is 0.126 e. The summed E-state index contributed by atoms with van der Waals surface area (Å²) >= 11 is 0. The van der Waals surface area contributed by atoms with Crippen molar-refractivity contribution in [3.8, 4) is 0 Å². The summed E-state index contributed by atoms with van der Waals surface area (Å²) in [5, 5.41) is 12.3. The van der Waals surface area contributed by atoms with Crippen LogP contribution in [-0.2, 0) is 6.54 Å². The molecule has 1 aromatic rings. The SMILES string of the molecule is Cc1ccc(CNCCCC(C)O)cc1F. The van der Waals surface area contributed by atoms with Gasteiger partial charge in [0.25, 0.3) is 0 Å². The summed E-state index contributed by atoms with van der Waals surface area (Å²) in [6.07, 6.45) is 1.50. The van der Waals surface area contributed by atoms with Crippen LogP contribution >= 0.6 is 0 Å². The van der Waals surface area contributed by atoms with E-state index < -0.39 is 0 Å². The fourth-order valence-electron chi connectivity index (χ4n) is 1.50. The quantitative estimate of drug-likeness (QED) is 0.729. The van der Waals surface area contributed by atoms with Crippen LogP contribution in [0.4, 0.5) is 4.39 Å². The molecule has 0 spiro atoms. The minimum absolute atomic E-state index is 0.150. The molecule has 0 aliphatic carbocycles. The number of hydrogen-bond donors (Lipinski definition) is 2. The van der Waals surface area contributed by atoms with Crippen molar-refractivity contribution >= 4 is 0 Å². The van der Waals surface area contributed by atoms with Crippen LogP contribution in [0.2, 0.25) is 0 Å². The van der Waals surface area contributed by atoms with Gasteiger partial charge < -0.3 is 10.4 Å². The van der Waals surface area contributed by atoms with Crippen LogP contribution in [-0.4, -0.2) is 17.8 Å². The molecular weight excluding hydrogens is 205 g/mol. The molecule has 0 aliphatic heterocycles. The summed E-state index contributed by atoms with van der Waals surface area (Å²) in [6.45, 7) is 5.07. The third-order valence-electron chi connectivity index (χ3n) is 2.54. The molecule has 0 bridgehead atoms. The van der Waals surface area contributed by atoms with Crippen LogP contribution in [0, 0.1) is 12.7 Å². The van der Waals surface area contributed by atoms with Crippen molar-refractivity contribution in [3.05, 3.63) is 35.1 Å². The molecule has 0 amide bonds. The van der Waals surface area contributed by atoms with Crippen molar-refractivity contribution in [3.63, 3.8) is 0 Å². The highest BCUT2D eigenvalue weighted by Crippen LogP contribution is 2.08. The zero-order chi connectivity index (χ0) is 12.0. The third kappa shape index (κ3) is 4.73. The topological polar surface area (TPSA) is 32.3 Å². The maximum atomic E-state index is 13.2. The Labute approximate surface area is 96.5 Å². The van der Waals surface area contributed by atoms with E-state index in [4.69, 9.17) is 5.11 Å². The molecule has 0 fully saturated rings. The standard InChI is InChI=1S/C13H20FNO/c1-10-5-6-12(8-13(10)14)9-15-7-3-4-11(2)16/h5-6,8,11,15-16H,3-4,7,9H2,1-2H3. The van der Waals surface area contributed by atoms with Gasteiger partial charge in [-0.1, -0.05) is 12.1 Å². The summed E-state index contributed by atoms with van der Waals surface area (Å²) in [5.74, 6) is -0.150. The molecule has 1 aromatic carbocycles. The van der Waals surface area contributed by atoms with Gasteiger partial charge in [0.1, 0.15) is 5.82 Å². The van der Waals surface area contributed by atoms with Crippen LogP contribution in [0.25, 0.3) is 0 Å². The molecule has 0 aliphatic rings. The minimum atomic E-state index is -0.237. The largest absolute Gasteiger partial charge is 0.393 e. The molecule has 2 nitrogen and oxygen atoms in total. The summed E-state index contributed by atoms with van der Waals surface area (Å²) in [5.41, 5.74) is 1.64. The van der Waals surface area contributed by atoms with Gasteiger partial charge in [-0.25, -0.2) is 4.39 Å². The Hall–Kier alpha value is -0.930. The van der Waals surface area contributed by atoms with E-state index in [-0.39, 0.29) is 11.9 Å². The van der Waals surface area contributed by atoms with Crippen LogP contribution in [0.3, 0.4) is 0 Å². The van der Waals surface area contributed by atoms with E-state index in [1.165, 1.54) is 0 Å². The highest BCUT2D eigenvalue weighted by molar-refractivity contribution is 5.23. The number of aliphatic hydroxyl groups is 1. The zero-order valence-corrected chi connectivity index (χ0v) is 9.96. The first-order valence-corrected chi connectivity index (χ1v) is 5.73. The first kappa shape index (κ1) is 13.1. The molecular formula is C13H20FNO. The molecule has 1 unspecified atom stereocenters. The van der Waals surface area contributed by atoms with Gasteiger partial charge in [-0.15, -0.1) is 0 Å². The Morgan fingerprint density at radius 2 is 2.19 bits per heavy atom. The van der Waals surface area contributed by atoms with Crippen LogP contribution < -0.4 is 5.32 Å². The van der Waals surface area contributed by atoms with Crippen molar-refractivity contribution in [2.45, 2.75) is 39.3 Å². The maximum Gasteiger partial charge on any atom is 0.126 e. The van der Waals surface area contributed by atoms with E-state index in [1.54, 1.807) is 26.0 Å². The monoisotopic (exact) mass is 225 g/mol. The lowest BCUT2D eigenvalue weighted by Crippen LogP contribution is -2.16. The Kier molecular flexibility index (Phi) is 5.43. The molecule has 0 radical (unpaired) electrons. The minimum Gasteiger partial charge on any atom is -0.393 e. The average Bonchev–Trinajstić information content (AvgIpc) is 2.22. The number of hydrogen-bond acceptors (Lipinski definition) is 2. The molecule has 0 saturated heterocycles. The van der Waals surface area contributed by atoms with Gasteiger partial charge in [0, 0.05) is 6.54 Å². The number of nitrogens with one attached hydrogen (secondary N) is 1. The van der Waals surface area contributed by atoms with E-state index in [0.29, 0.717) is 12.1 Å². The van der Waals surface area contributed by atoms with Gasteiger partial charge >= 0.3 is 0 Å². The normalized spacial score (nSPS) is 12.8. The molecule has 1 rings (SSSR count). The molecule has 0 aromatic heterocycles. The first-order chi connectivity index (χ1) is 7.59. The van der Waals surface area contributed by atoms with Crippen LogP contribution in [0.1, 0.15) is 30.9 Å². The second-order valence-electron chi connectivity index (χ2n) is 4.25. The molecule has 0 saturated carbocycles. The van der Waals surface area contributed by atoms with E-state index in [2.05, 4.69) is 5.32 Å². The Balaban J connectivity index is 2.24. The summed E-state index contributed by atoms with van der Waals surface area (Å²) in [7, 11) is 0. The fourth-order valence-corrected chi connectivity index (χ4v) is 1.50. The van der Waals surface area contributed by atoms with Gasteiger partial charge in [-0.3, -0.25) is 0 Å². The number of halogens is 1. The number of aliphatic hydroxyl groups excluding tert-OH is 1. The lowest BCUT2D eigenvalue weighted by Gasteiger charge is -2.07. The van der Waals surface area contributed by atoms with Gasteiger partial charge in [-0.05, 0) is 50.4 Å². The lowest BCUT2D eigenvalue weighted by atomic mass is 10.1. The number of rotatable bonds is 6. The summed E-state index contributed by atoms with van der Waals surface area (Å²) in [6, 6.07) is 5.29. The van der Waals surface area contributed by atoms with Gasteiger partial charge in [-0.2, -0.15) is 0 Å². The van der Waals surface area contributed by atoms with Crippen molar-refractivity contribution in [2.24, 2.45) is 0 Å². The predicted octanol–water partition coefficient (Wildman–Crippen LogP) is 2.38. The maximum absolute atomic E-state index is 13.2. The second-order valence-corrected chi connectivity index (χ2v) is 4.25. The highest BCUT2D eigenvalue weighted by Gasteiger charge is 1.99.